The third kappa shape index (κ3) is 4.62. The molecule has 1 amide bonds. The number of nitrogens with one attached hydrogen (secondary N) is 1. The van der Waals surface area contributed by atoms with E-state index in [1.165, 1.54) is 18.2 Å². The van der Waals surface area contributed by atoms with Gasteiger partial charge in [-0.1, -0.05) is 12.1 Å². The minimum absolute atomic E-state index is 0.103. The smallest absolute Gasteiger partial charge is 0.246 e. The molecule has 1 aliphatic rings. The standard InChI is InChI=1S/C20H21F3N2O3S/c1-20(19(26)24-12-14-4-2-5-15(21)10-14)8-3-9-25(13-20)29(27,28)18-7-6-16(22)11-17(18)23/h2,4-7,10-11H,3,8-9,12-13H2,1H3,(H,24,26). The molecular weight excluding hydrogens is 405 g/mol. The molecule has 1 atom stereocenters. The molecule has 1 unspecified atom stereocenters. The lowest BCUT2D eigenvalue weighted by molar-refractivity contribution is -0.132. The summed E-state index contributed by atoms with van der Waals surface area (Å²) in [6.45, 7) is 1.73. The van der Waals surface area contributed by atoms with E-state index in [1.807, 2.05) is 0 Å². The average molecular weight is 426 g/mol. The van der Waals surface area contributed by atoms with Crippen molar-refractivity contribution in [3.63, 3.8) is 0 Å². The number of rotatable bonds is 5. The van der Waals surface area contributed by atoms with Crippen molar-refractivity contribution in [1.82, 2.24) is 9.62 Å². The molecule has 1 saturated heterocycles. The summed E-state index contributed by atoms with van der Waals surface area (Å²) >= 11 is 0. The van der Waals surface area contributed by atoms with Gasteiger partial charge < -0.3 is 5.32 Å². The molecule has 3 rings (SSSR count). The van der Waals surface area contributed by atoms with E-state index < -0.39 is 37.8 Å². The monoisotopic (exact) mass is 426 g/mol. The summed E-state index contributed by atoms with van der Waals surface area (Å²) in [7, 11) is -4.22. The van der Waals surface area contributed by atoms with Crippen LogP contribution in [-0.2, 0) is 21.4 Å². The fourth-order valence-corrected chi connectivity index (χ4v) is 5.10. The highest BCUT2D eigenvalue weighted by Crippen LogP contribution is 2.33. The van der Waals surface area contributed by atoms with E-state index in [4.69, 9.17) is 0 Å². The average Bonchev–Trinajstić information content (AvgIpc) is 2.66. The summed E-state index contributed by atoms with van der Waals surface area (Å²) in [6.07, 6.45) is 0.853. The van der Waals surface area contributed by atoms with Gasteiger partial charge in [0, 0.05) is 25.7 Å². The van der Waals surface area contributed by atoms with Crippen LogP contribution in [0.3, 0.4) is 0 Å². The van der Waals surface area contributed by atoms with Crippen molar-refractivity contribution < 1.29 is 26.4 Å². The summed E-state index contributed by atoms with van der Waals surface area (Å²) < 4.78 is 67.2. The number of benzene rings is 2. The Morgan fingerprint density at radius 1 is 1.14 bits per heavy atom. The molecule has 0 saturated carbocycles. The van der Waals surface area contributed by atoms with E-state index in [0.717, 1.165) is 16.4 Å². The Morgan fingerprint density at radius 3 is 2.55 bits per heavy atom. The largest absolute Gasteiger partial charge is 0.352 e. The Morgan fingerprint density at radius 2 is 1.86 bits per heavy atom. The first-order valence-corrected chi connectivity index (χ1v) is 10.5. The maximum atomic E-state index is 14.0. The van der Waals surface area contributed by atoms with Crippen molar-refractivity contribution in [2.24, 2.45) is 5.41 Å². The second kappa shape index (κ2) is 8.16. The van der Waals surface area contributed by atoms with Gasteiger partial charge in [0.25, 0.3) is 0 Å². The summed E-state index contributed by atoms with van der Waals surface area (Å²) in [6, 6.07) is 8.08. The first-order chi connectivity index (χ1) is 13.6. The second-order valence-electron chi connectivity index (χ2n) is 7.39. The van der Waals surface area contributed by atoms with Crippen LogP contribution in [0, 0.1) is 22.9 Å². The van der Waals surface area contributed by atoms with Crippen molar-refractivity contribution >= 4 is 15.9 Å². The summed E-state index contributed by atoms with van der Waals surface area (Å²) in [5, 5.41) is 2.72. The molecular formula is C20H21F3N2O3S. The molecule has 1 fully saturated rings. The minimum Gasteiger partial charge on any atom is -0.352 e. The highest BCUT2D eigenvalue weighted by atomic mass is 32.2. The molecule has 1 heterocycles. The van der Waals surface area contributed by atoms with Crippen molar-refractivity contribution in [3.05, 3.63) is 65.5 Å². The van der Waals surface area contributed by atoms with Crippen LogP contribution in [0.25, 0.3) is 0 Å². The fourth-order valence-electron chi connectivity index (χ4n) is 3.45. The van der Waals surface area contributed by atoms with Crippen LogP contribution >= 0.6 is 0 Å². The number of amides is 1. The van der Waals surface area contributed by atoms with Crippen LogP contribution in [-0.4, -0.2) is 31.7 Å². The Hall–Kier alpha value is -2.39. The zero-order chi connectivity index (χ0) is 21.2. The van der Waals surface area contributed by atoms with Crippen molar-refractivity contribution in [1.29, 1.82) is 0 Å². The second-order valence-corrected chi connectivity index (χ2v) is 9.30. The van der Waals surface area contributed by atoms with Gasteiger partial charge in [0.15, 0.2) is 0 Å². The van der Waals surface area contributed by atoms with Gasteiger partial charge >= 0.3 is 0 Å². The van der Waals surface area contributed by atoms with Gasteiger partial charge in [-0.15, -0.1) is 0 Å². The molecule has 29 heavy (non-hydrogen) atoms. The molecule has 0 bridgehead atoms. The van der Waals surface area contributed by atoms with Crippen molar-refractivity contribution in [2.75, 3.05) is 13.1 Å². The molecule has 0 radical (unpaired) electrons. The normalized spacial score (nSPS) is 20.4. The van der Waals surface area contributed by atoms with E-state index in [0.29, 0.717) is 24.5 Å². The van der Waals surface area contributed by atoms with Crippen LogP contribution in [0.5, 0.6) is 0 Å². The number of nitrogens with zero attached hydrogens (tertiary/aromatic N) is 1. The van der Waals surface area contributed by atoms with E-state index >= 15 is 0 Å². The van der Waals surface area contributed by atoms with E-state index in [1.54, 1.807) is 13.0 Å². The van der Waals surface area contributed by atoms with Crippen LogP contribution in [0.15, 0.2) is 47.4 Å². The Balaban J connectivity index is 1.75. The van der Waals surface area contributed by atoms with Crippen LogP contribution in [0.2, 0.25) is 0 Å². The molecule has 0 aromatic heterocycles. The lowest BCUT2D eigenvalue weighted by Crippen LogP contribution is -2.51. The Bertz CT molecular complexity index is 1030. The first kappa shape index (κ1) is 21.3. The molecule has 5 nitrogen and oxygen atoms in total. The zero-order valence-corrected chi connectivity index (χ0v) is 16.6. The fraction of sp³-hybridized carbons (Fsp3) is 0.350. The molecule has 0 spiro atoms. The number of halogens is 3. The lowest BCUT2D eigenvalue weighted by atomic mass is 9.82. The lowest BCUT2D eigenvalue weighted by Gasteiger charge is -2.38. The summed E-state index contributed by atoms with van der Waals surface area (Å²) in [5.74, 6) is -2.84. The third-order valence-electron chi connectivity index (χ3n) is 5.06. The zero-order valence-electron chi connectivity index (χ0n) is 15.8. The molecule has 9 heteroatoms. The number of carbonyl (C=O) groups excluding carboxylic acids is 1. The summed E-state index contributed by atoms with van der Waals surface area (Å²) in [4.78, 5) is 12.1. The van der Waals surface area contributed by atoms with Gasteiger partial charge in [0.05, 0.1) is 5.41 Å². The Kier molecular flexibility index (Phi) is 6.00. The SMILES string of the molecule is CC1(C(=O)NCc2cccc(F)c2)CCCN(S(=O)(=O)c2ccc(F)cc2F)C1. The number of piperidine rings is 1. The number of sulfonamides is 1. The highest BCUT2D eigenvalue weighted by molar-refractivity contribution is 7.89. The molecule has 156 valence electrons. The van der Waals surface area contributed by atoms with Gasteiger partial charge in [0.1, 0.15) is 22.3 Å². The van der Waals surface area contributed by atoms with Gasteiger partial charge in [0.2, 0.25) is 15.9 Å². The third-order valence-corrected chi connectivity index (χ3v) is 6.94. The minimum atomic E-state index is -4.22. The van der Waals surface area contributed by atoms with Crippen molar-refractivity contribution in [3.8, 4) is 0 Å². The maximum Gasteiger partial charge on any atom is 0.246 e. The van der Waals surface area contributed by atoms with E-state index in [2.05, 4.69) is 5.32 Å². The predicted octanol–water partition coefficient (Wildman–Crippen LogP) is 3.21. The highest BCUT2D eigenvalue weighted by Gasteiger charge is 2.42. The van der Waals surface area contributed by atoms with Gasteiger partial charge in [-0.25, -0.2) is 21.6 Å². The van der Waals surface area contributed by atoms with Crippen LogP contribution in [0.1, 0.15) is 25.3 Å². The molecule has 1 N–H and O–H groups in total. The van der Waals surface area contributed by atoms with Crippen LogP contribution < -0.4 is 5.32 Å². The number of hydrogen-bond acceptors (Lipinski definition) is 3. The molecule has 1 aliphatic heterocycles. The topological polar surface area (TPSA) is 66.5 Å². The molecule has 2 aromatic rings. The van der Waals surface area contributed by atoms with E-state index in [9.17, 15) is 26.4 Å². The molecule has 0 aliphatic carbocycles. The number of hydrogen-bond donors (Lipinski definition) is 1. The quantitative estimate of drug-likeness (QED) is 0.799. The molecule has 2 aromatic carbocycles. The number of carbonyl (C=O) groups is 1. The maximum absolute atomic E-state index is 14.0. The predicted molar refractivity (Wildman–Crippen MR) is 101 cm³/mol. The van der Waals surface area contributed by atoms with Gasteiger partial charge in [-0.3, -0.25) is 4.79 Å². The van der Waals surface area contributed by atoms with E-state index in [-0.39, 0.29) is 25.5 Å². The Labute approximate surface area is 167 Å². The van der Waals surface area contributed by atoms with Crippen molar-refractivity contribution in [2.45, 2.75) is 31.2 Å². The van der Waals surface area contributed by atoms with Crippen LogP contribution in [0.4, 0.5) is 13.2 Å². The van der Waals surface area contributed by atoms with Gasteiger partial charge in [-0.2, -0.15) is 4.31 Å². The van der Waals surface area contributed by atoms with Gasteiger partial charge in [-0.05, 0) is 49.6 Å². The summed E-state index contributed by atoms with van der Waals surface area (Å²) in [5.41, 5.74) is -0.453. The first-order valence-electron chi connectivity index (χ1n) is 9.10.